The van der Waals surface area contributed by atoms with Gasteiger partial charge in [-0.05, 0) is 26.8 Å². The Labute approximate surface area is 97.1 Å². The number of nitrogens with one attached hydrogen (secondary N) is 1. The van der Waals surface area contributed by atoms with Crippen molar-refractivity contribution in [3.05, 3.63) is 24.3 Å². The van der Waals surface area contributed by atoms with E-state index in [1.807, 2.05) is 6.07 Å². The molecule has 2 heterocycles. The molecular weight excluding hydrogens is 200 g/mol. The summed E-state index contributed by atoms with van der Waals surface area (Å²) in [5, 5.41) is 3.55. The van der Waals surface area contributed by atoms with E-state index in [0.717, 1.165) is 25.3 Å². The van der Waals surface area contributed by atoms with Crippen molar-refractivity contribution in [1.29, 1.82) is 0 Å². The van der Waals surface area contributed by atoms with E-state index >= 15 is 0 Å². The maximum Gasteiger partial charge on any atom is 0.115 e. The molecular formula is C12H20N4. The molecule has 4 nitrogen and oxygen atoms in total. The van der Waals surface area contributed by atoms with E-state index in [2.05, 4.69) is 41.0 Å². The zero-order valence-electron chi connectivity index (χ0n) is 10.3. The molecule has 1 unspecified atom stereocenters. The first-order valence-corrected chi connectivity index (χ1v) is 5.81. The molecule has 0 saturated carbocycles. The van der Waals surface area contributed by atoms with Gasteiger partial charge in [0.05, 0.1) is 5.69 Å². The Morgan fingerprint density at radius 1 is 1.56 bits per heavy atom. The topological polar surface area (TPSA) is 41.0 Å². The second-order valence-corrected chi connectivity index (χ2v) is 5.22. The third kappa shape index (κ3) is 2.77. The van der Waals surface area contributed by atoms with Gasteiger partial charge < -0.3 is 5.32 Å². The Morgan fingerprint density at radius 2 is 2.38 bits per heavy atom. The van der Waals surface area contributed by atoms with Gasteiger partial charge >= 0.3 is 0 Å². The van der Waals surface area contributed by atoms with Gasteiger partial charge in [-0.15, -0.1) is 0 Å². The molecule has 88 valence electrons. The summed E-state index contributed by atoms with van der Waals surface area (Å²) in [6, 6.07) is 2.55. The molecule has 0 radical (unpaired) electrons. The third-order valence-electron chi connectivity index (χ3n) is 3.11. The van der Waals surface area contributed by atoms with Crippen LogP contribution >= 0.6 is 0 Å². The molecule has 0 aliphatic carbocycles. The molecule has 1 aromatic heterocycles. The van der Waals surface area contributed by atoms with E-state index in [-0.39, 0.29) is 5.54 Å². The van der Waals surface area contributed by atoms with Crippen molar-refractivity contribution in [2.75, 3.05) is 13.1 Å². The quantitative estimate of drug-likeness (QED) is 0.809. The van der Waals surface area contributed by atoms with Gasteiger partial charge in [-0.2, -0.15) is 0 Å². The molecule has 1 aliphatic rings. The van der Waals surface area contributed by atoms with E-state index in [4.69, 9.17) is 0 Å². The molecule has 0 aromatic carbocycles. The van der Waals surface area contributed by atoms with E-state index in [0.29, 0.717) is 6.04 Å². The fourth-order valence-corrected chi connectivity index (χ4v) is 2.10. The lowest BCUT2D eigenvalue weighted by molar-refractivity contribution is 0.0965. The number of aromatic nitrogens is 2. The summed E-state index contributed by atoms with van der Waals surface area (Å²) in [6.07, 6.45) is 3.42. The molecule has 16 heavy (non-hydrogen) atoms. The Balaban J connectivity index is 2.03. The number of hydrogen-bond donors (Lipinski definition) is 1. The van der Waals surface area contributed by atoms with Crippen LogP contribution in [0.1, 0.15) is 26.5 Å². The first-order valence-electron chi connectivity index (χ1n) is 5.81. The molecule has 1 saturated heterocycles. The highest BCUT2D eigenvalue weighted by molar-refractivity contribution is 5.00. The van der Waals surface area contributed by atoms with Crippen molar-refractivity contribution in [2.24, 2.45) is 0 Å². The normalized spacial score (nSPS) is 25.6. The van der Waals surface area contributed by atoms with Gasteiger partial charge in [-0.3, -0.25) is 4.90 Å². The van der Waals surface area contributed by atoms with Crippen molar-refractivity contribution < 1.29 is 0 Å². The average Bonchev–Trinajstić information content (AvgIpc) is 2.25. The summed E-state index contributed by atoms with van der Waals surface area (Å²) in [6.45, 7) is 9.74. The van der Waals surface area contributed by atoms with Gasteiger partial charge in [-0.1, -0.05) is 0 Å². The minimum absolute atomic E-state index is 0.194. The largest absolute Gasteiger partial charge is 0.309 e. The number of piperazine rings is 1. The predicted molar refractivity (Wildman–Crippen MR) is 64.0 cm³/mol. The molecule has 1 N–H and O–H groups in total. The minimum atomic E-state index is 0.194. The smallest absolute Gasteiger partial charge is 0.115 e. The Hall–Kier alpha value is -1.00. The summed E-state index contributed by atoms with van der Waals surface area (Å²) < 4.78 is 0. The monoisotopic (exact) mass is 220 g/mol. The molecule has 1 aliphatic heterocycles. The molecule has 0 amide bonds. The van der Waals surface area contributed by atoms with Crippen LogP contribution in [-0.2, 0) is 6.54 Å². The molecule has 1 aromatic rings. The first kappa shape index (κ1) is 11.5. The van der Waals surface area contributed by atoms with Crippen LogP contribution in [0.5, 0.6) is 0 Å². The second kappa shape index (κ2) is 4.47. The van der Waals surface area contributed by atoms with Crippen LogP contribution in [0.4, 0.5) is 0 Å². The van der Waals surface area contributed by atoms with E-state index < -0.39 is 0 Å². The first-order chi connectivity index (χ1) is 7.57. The average molecular weight is 220 g/mol. The standard InChI is InChI=1S/C12H20N4/c1-10-6-15-12(2,3)8-16(10)7-11-4-5-13-9-14-11/h4-5,9-10,15H,6-8H2,1-3H3. The Bertz CT molecular complexity index is 336. The highest BCUT2D eigenvalue weighted by Crippen LogP contribution is 2.16. The summed E-state index contributed by atoms with van der Waals surface area (Å²) >= 11 is 0. The molecule has 0 bridgehead atoms. The van der Waals surface area contributed by atoms with Crippen LogP contribution in [0.3, 0.4) is 0 Å². The summed E-state index contributed by atoms with van der Waals surface area (Å²) in [4.78, 5) is 10.7. The maximum absolute atomic E-state index is 4.28. The lowest BCUT2D eigenvalue weighted by Crippen LogP contribution is -2.60. The van der Waals surface area contributed by atoms with Gasteiger partial charge in [0.2, 0.25) is 0 Å². The van der Waals surface area contributed by atoms with E-state index in [9.17, 15) is 0 Å². The maximum atomic E-state index is 4.28. The van der Waals surface area contributed by atoms with Gasteiger partial charge in [0.25, 0.3) is 0 Å². The molecule has 1 fully saturated rings. The predicted octanol–water partition coefficient (Wildman–Crippen LogP) is 1.05. The number of hydrogen-bond acceptors (Lipinski definition) is 4. The Kier molecular flexibility index (Phi) is 3.21. The third-order valence-corrected chi connectivity index (χ3v) is 3.11. The van der Waals surface area contributed by atoms with Crippen LogP contribution < -0.4 is 5.32 Å². The molecule has 4 heteroatoms. The lowest BCUT2D eigenvalue weighted by Gasteiger charge is -2.43. The zero-order chi connectivity index (χ0) is 11.6. The Morgan fingerprint density at radius 3 is 3.06 bits per heavy atom. The fraction of sp³-hybridized carbons (Fsp3) is 0.667. The summed E-state index contributed by atoms with van der Waals surface area (Å²) in [7, 11) is 0. The van der Waals surface area contributed by atoms with Crippen LogP contribution in [0.25, 0.3) is 0 Å². The number of rotatable bonds is 2. The highest BCUT2D eigenvalue weighted by atomic mass is 15.2. The SMILES string of the molecule is CC1CNC(C)(C)CN1Cc1ccncn1. The van der Waals surface area contributed by atoms with Crippen molar-refractivity contribution in [3.8, 4) is 0 Å². The van der Waals surface area contributed by atoms with Crippen molar-refractivity contribution in [1.82, 2.24) is 20.2 Å². The van der Waals surface area contributed by atoms with Gasteiger partial charge in [0.1, 0.15) is 6.33 Å². The van der Waals surface area contributed by atoms with E-state index in [1.54, 1.807) is 12.5 Å². The number of nitrogens with zero attached hydrogens (tertiary/aromatic N) is 3. The molecule has 1 atom stereocenters. The molecule has 0 spiro atoms. The minimum Gasteiger partial charge on any atom is -0.309 e. The van der Waals surface area contributed by atoms with Crippen molar-refractivity contribution in [2.45, 2.75) is 38.9 Å². The van der Waals surface area contributed by atoms with Crippen LogP contribution in [0.15, 0.2) is 18.6 Å². The fourth-order valence-electron chi connectivity index (χ4n) is 2.10. The highest BCUT2D eigenvalue weighted by Gasteiger charge is 2.30. The van der Waals surface area contributed by atoms with Crippen LogP contribution in [-0.4, -0.2) is 39.5 Å². The van der Waals surface area contributed by atoms with Crippen LogP contribution in [0, 0.1) is 0 Å². The summed E-state index contributed by atoms with van der Waals surface area (Å²) in [5.41, 5.74) is 1.29. The van der Waals surface area contributed by atoms with Crippen molar-refractivity contribution in [3.63, 3.8) is 0 Å². The van der Waals surface area contributed by atoms with Crippen LogP contribution in [0.2, 0.25) is 0 Å². The van der Waals surface area contributed by atoms with Gasteiger partial charge in [0.15, 0.2) is 0 Å². The molecule has 2 rings (SSSR count). The van der Waals surface area contributed by atoms with E-state index in [1.165, 1.54) is 0 Å². The van der Waals surface area contributed by atoms with Crippen molar-refractivity contribution >= 4 is 0 Å². The zero-order valence-corrected chi connectivity index (χ0v) is 10.3. The summed E-state index contributed by atoms with van der Waals surface area (Å²) in [5.74, 6) is 0. The van der Waals surface area contributed by atoms with Gasteiger partial charge in [-0.25, -0.2) is 9.97 Å². The lowest BCUT2D eigenvalue weighted by atomic mass is 9.99. The van der Waals surface area contributed by atoms with Gasteiger partial charge in [0, 0.05) is 37.4 Å². The second-order valence-electron chi connectivity index (χ2n) is 5.22.